The van der Waals surface area contributed by atoms with Crippen LogP contribution >= 0.6 is 0 Å². The Morgan fingerprint density at radius 2 is 1.84 bits per heavy atom. The van der Waals surface area contributed by atoms with E-state index in [1.54, 1.807) is 30.2 Å². The predicted octanol–water partition coefficient (Wildman–Crippen LogP) is 0.649. The number of hydrogen-bond donors (Lipinski definition) is 0. The van der Waals surface area contributed by atoms with Crippen LogP contribution in [0.2, 0.25) is 0 Å². The number of rotatable bonds is 4. The molecule has 2 heterocycles. The third-order valence-corrected chi connectivity index (χ3v) is 6.72. The molecule has 25 heavy (non-hydrogen) atoms. The quantitative estimate of drug-likeness (QED) is 0.777. The maximum atomic E-state index is 12.8. The highest BCUT2D eigenvalue weighted by molar-refractivity contribution is 7.91. The Hall–Kier alpha value is -1.80. The summed E-state index contributed by atoms with van der Waals surface area (Å²) in [4.78, 5) is 16.8. The van der Waals surface area contributed by atoms with Crippen LogP contribution in [0.5, 0.6) is 11.5 Å². The van der Waals surface area contributed by atoms with Crippen molar-refractivity contribution >= 4 is 15.7 Å². The molecule has 2 aliphatic rings. The molecule has 0 bridgehead atoms. The molecule has 138 valence electrons. The first-order valence-electron chi connectivity index (χ1n) is 8.39. The molecule has 0 saturated carbocycles. The number of nitrogens with zero attached hydrogens (tertiary/aromatic N) is 2. The molecule has 0 spiro atoms. The fourth-order valence-electron chi connectivity index (χ4n) is 3.50. The molecule has 8 heteroatoms. The number of carbonyl (C=O) groups is 1. The van der Waals surface area contributed by atoms with Gasteiger partial charge in [-0.3, -0.25) is 9.69 Å². The van der Waals surface area contributed by atoms with Crippen LogP contribution in [0.15, 0.2) is 18.2 Å². The van der Waals surface area contributed by atoms with E-state index < -0.39 is 9.84 Å². The fraction of sp³-hybridized carbons (Fsp3) is 0.588. The Bertz CT molecular complexity index is 741. The Labute approximate surface area is 148 Å². The highest BCUT2D eigenvalue weighted by Gasteiger charge is 2.34. The largest absolute Gasteiger partial charge is 0.497 e. The minimum Gasteiger partial charge on any atom is -0.497 e. The summed E-state index contributed by atoms with van der Waals surface area (Å²) in [6.07, 6.45) is 0.697. The van der Waals surface area contributed by atoms with Gasteiger partial charge in [0.25, 0.3) is 5.91 Å². The Morgan fingerprint density at radius 1 is 1.12 bits per heavy atom. The van der Waals surface area contributed by atoms with Crippen molar-refractivity contribution in [2.75, 3.05) is 51.9 Å². The third-order valence-electron chi connectivity index (χ3n) is 4.97. The van der Waals surface area contributed by atoms with Crippen molar-refractivity contribution < 1.29 is 22.7 Å². The van der Waals surface area contributed by atoms with E-state index in [1.807, 2.05) is 0 Å². The van der Waals surface area contributed by atoms with Crippen molar-refractivity contribution in [3.8, 4) is 11.5 Å². The van der Waals surface area contributed by atoms with Gasteiger partial charge in [0, 0.05) is 38.3 Å². The average Bonchev–Trinajstić information content (AvgIpc) is 3.00. The van der Waals surface area contributed by atoms with E-state index in [0.717, 1.165) is 0 Å². The van der Waals surface area contributed by atoms with Gasteiger partial charge in [0.05, 0.1) is 31.3 Å². The zero-order valence-electron chi connectivity index (χ0n) is 14.6. The van der Waals surface area contributed by atoms with Gasteiger partial charge in [0.2, 0.25) is 0 Å². The van der Waals surface area contributed by atoms with Crippen LogP contribution in [-0.2, 0) is 9.84 Å². The van der Waals surface area contributed by atoms with Crippen molar-refractivity contribution in [2.24, 2.45) is 0 Å². The molecule has 2 saturated heterocycles. The highest BCUT2D eigenvalue weighted by Crippen LogP contribution is 2.26. The van der Waals surface area contributed by atoms with Gasteiger partial charge in [-0.2, -0.15) is 0 Å². The summed E-state index contributed by atoms with van der Waals surface area (Å²) < 4.78 is 33.8. The number of carbonyl (C=O) groups excluding carboxylic acids is 1. The second-order valence-corrected chi connectivity index (χ2v) is 8.68. The van der Waals surface area contributed by atoms with Crippen molar-refractivity contribution in [3.05, 3.63) is 23.8 Å². The summed E-state index contributed by atoms with van der Waals surface area (Å²) in [5.74, 6) is 1.58. The lowest BCUT2D eigenvalue weighted by molar-refractivity contribution is 0.0585. The molecular formula is C17H24N2O5S. The van der Waals surface area contributed by atoms with Crippen molar-refractivity contribution in [1.82, 2.24) is 9.80 Å². The minimum absolute atomic E-state index is 0.0711. The third kappa shape index (κ3) is 3.90. The van der Waals surface area contributed by atoms with Gasteiger partial charge in [-0.25, -0.2) is 8.42 Å². The maximum absolute atomic E-state index is 12.8. The molecule has 0 aliphatic carbocycles. The standard InChI is InChI=1S/C17H24N2O5S/c1-23-14-3-4-15(16(11-14)24-2)17(20)19-8-6-18(7-9-19)13-5-10-25(21,22)12-13/h3-4,11,13H,5-10,12H2,1-2H3/t13-/m0/s1. The van der Waals surface area contributed by atoms with Gasteiger partial charge >= 0.3 is 0 Å². The lowest BCUT2D eigenvalue weighted by atomic mass is 10.1. The molecule has 2 aliphatic heterocycles. The summed E-state index contributed by atoms with van der Waals surface area (Å²) in [6.45, 7) is 2.57. The number of methoxy groups -OCH3 is 2. The number of amides is 1. The summed E-state index contributed by atoms with van der Waals surface area (Å²) >= 11 is 0. The number of piperazine rings is 1. The van der Waals surface area contributed by atoms with E-state index in [4.69, 9.17) is 9.47 Å². The van der Waals surface area contributed by atoms with Gasteiger partial charge in [-0.15, -0.1) is 0 Å². The molecule has 1 amide bonds. The molecule has 3 rings (SSSR count). The topological polar surface area (TPSA) is 76.2 Å². The summed E-state index contributed by atoms with van der Waals surface area (Å²) in [7, 11) is 0.216. The number of hydrogen-bond acceptors (Lipinski definition) is 6. The van der Waals surface area contributed by atoms with Gasteiger partial charge in [0.15, 0.2) is 9.84 Å². The molecule has 0 aromatic heterocycles. The predicted molar refractivity (Wildman–Crippen MR) is 94.1 cm³/mol. The van der Waals surface area contributed by atoms with Gasteiger partial charge in [-0.1, -0.05) is 0 Å². The van der Waals surface area contributed by atoms with E-state index in [-0.39, 0.29) is 23.5 Å². The number of benzene rings is 1. The minimum atomic E-state index is -2.88. The van der Waals surface area contributed by atoms with Crippen molar-refractivity contribution in [1.29, 1.82) is 0 Å². The van der Waals surface area contributed by atoms with E-state index in [2.05, 4.69) is 4.90 Å². The van der Waals surface area contributed by atoms with Gasteiger partial charge < -0.3 is 14.4 Å². The van der Waals surface area contributed by atoms with Crippen LogP contribution in [0.4, 0.5) is 0 Å². The normalized spacial score (nSPS) is 23.4. The van der Waals surface area contributed by atoms with Crippen LogP contribution in [0.25, 0.3) is 0 Å². The molecule has 1 aromatic rings. The van der Waals surface area contributed by atoms with Crippen molar-refractivity contribution in [3.63, 3.8) is 0 Å². The number of sulfone groups is 1. The van der Waals surface area contributed by atoms with E-state index in [9.17, 15) is 13.2 Å². The first-order valence-corrected chi connectivity index (χ1v) is 10.2. The SMILES string of the molecule is COc1ccc(C(=O)N2CCN([C@H]3CCS(=O)(=O)C3)CC2)c(OC)c1. The molecule has 1 atom stereocenters. The summed E-state index contributed by atoms with van der Waals surface area (Å²) in [5.41, 5.74) is 0.514. The van der Waals surface area contributed by atoms with Crippen LogP contribution in [0, 0.1) is 0 Å². The van der Waals surface area contributed by atoms with Gasteiger partial charge in [0.1, 0.15) is 11.5 Å². The molecule has 0 unspecified atom stereocenters. The highest BCUT2D eigenvalue weighted by atomic mass is 32.2. The van der Waals surface area contributed by atoms with E-state index >= 15 is 0 Å². The average molecular weight is 368 g/mol. The fourth-order valence-corrected chi connectivity index (χ4v) is 5.26. The first kappa shape index (κ1) is 18.0. The molecule has 1 aromatic carbocycles. The molecule has 2 fully saturated rings. The zero-order chi connectivity index (χ0) is 18.0. The Balaban J connectivity index is 1.64. The summed E-state index contributed by atoms with van der Waals surface area (Å²) in [6, 6.07) is 5.26. The van der Waals surface area contributed by atoms with Gasteiger partial charge in [-0.05, 0) is 18.6 Å². The lowest BCUT2D eigenvalue weighted by Gasteiger charge is -2.37. The van der Waals surface area contributed by atoms with Crippen LogP contribution in [0.1, 0.15) is 16.8 Å². The van der Waals surface area contributed by atoms with Crippen LogP contribution in [-0.4, -0.2) is 82.1 Å². The molecule has 0 radical (unpaired) electrons. The van der Waals surface area contributed by atoms with Crippen LogP contribution in [0.3, 0.4) is 0 Å². The maximum Gasteiger partial charge on any atom is 0.257 e. The van der Waals surface area contributed by atoms with E-state index in [1.165, 1.54) is 7.11 Å². The monoisotopic (exact) mass is 368 g/mol. The Kier molecular flexibility index (Phi) is 5.19. The number of ether oxygens (including phenoxy) is 2. The molecule has 0 N–H and O–H groups in total. The smallest absolute Gasteiger partial charge is 0.257 e. The second kappa shape index (κ2) is 7.21. The zero-order valence-corrected chi connectivity index (χ0v) is 15.4. The summed E-state index contributed by atoms with van der Waals surface area (Å²) in [5, 5.41) is 0. The van der Waals surface area contributed by atoms with Crippen molar-refractivity contribution in [2.45, 2.75) is 12.5 Å². The first-order chi connectivity index (χ1) is 11.9. The van der Waals surface area contributed by atoms with E-state index in [0.29, 0.717) is 49.7 Å². The lowest BCUT2D eigenvalue weighted by Crippen LogP contribution is -2.52. The molecular weight excluding hydrogens is 344 g/mol. The second-order valence-electron chi connectivity index (χ2n) is 6.45. The Morgan fingerprint density at radius 3 is 2.40 bits per heavy atom. The van der Waals surface area contributed by atoms with Crippen LogP contribution < -0.4 is 9.47 Å². The molecule has 7 nitrogen and oxygen atoms in total.